The second-order valence-corrected chi connectivity index (χ2v) is 4.43. The Labute approximate surface area is 99.6 Å². The predicted molar refractivity (Wildman–Crippen MR) is 62.9 cm³/mol. The van der Waals surface area contributed by atoms with Gasteiger partial charge in [-0.05, 0) is 0 Å². The van der Waals surface area contributed by atoms with Crippen LogP contribution in [0.5, 0.6) is 0 Å². The molecule has 3 heterocycles. The molecule has 90 valence electrons. The number of nitrogens with zero attached hydrogens (tertiary/aromatic N) is 4. The molecule has 1 fully saturated rings. The lowest BCUT2D eigenvalue weighted by atomic mass is 10.3. The Balaban J connectivity index is 1.89. The number of aromatic nitrogens is 2. The third-order valence-corrected chi connectivity index (χ3v) is 3.22. The molecule has 0 unspecified atom stereocenters. The minimum Gasteiger partial charge on any atom is -0.338 e. The maximum absolute atomic E-state index is 11.7. The van der Waals surface area contributed by atoms with Crippen LogP contribution in [0.3, 0.4) is 0 Å². The van der Waals surface area contributed by atoms with Crippen molar-refractivity contribution in [2.24, 2.45) is 0 Å². The quantitative estimate of drug-likeness (QED) is 0.706. The van der Waals surface area contributed by atoms with E-state index in [1.807, 2.05) is 0 Å². The van der Waals surface area contributed by atoms with E-state index in [2.05, 4.69) is 20.2 Å². The fourth-order valence-corrected chi connectivity index (χ4v) is 2.23. The highest BCUT2D eigenvalue weighted by Gasteiger charge is 2.27. The Hall–Kier alpha value is -1.69. The van der Waals surface area contributed by atoms with E-state index in [-0.39, 0.29) is 5.91 Å². The summed E-state index contributed by atoms with van der Waals surface area (Å²) >= 11 is 0. The molecule has 6 nitrogen and oxygen atoms in total. The summed E-state index contributed by atoms with van der Waals surface area (Å²) < 4.78 is 0. The second kappa shape index (κ2) is 3.96. The fourth-order valence-electron chi connectivity index (χ4n) is 2.23. The van der Waals surface area contributed by atoms with Crippen molar-refractivity contribution < 1.29 is 4.79 Å². The number of carbonyl (C=O) groups excluding carboxylic acids is 1. The van der Waals surface area contributed by atoms with Crippen LogP contribution >= 0.6 is 0 Å². The zero-order valence-corrected chi connectivity index (χ0v) is 9.81. The van der Waals surface area contributed by atoms with Gasteiger partial charge in [-0.15, -0.1) is 0 Å². The van der Waals surface area contributed by atoms with Gasteiger partial charge in [-0.2, -0.15) is 0 Å². The van der Waals surface area contributed by atoms with Crippen molar-refractivity contribution in [1.82, 2.24) is 20.2 Å². The number of fused-ring (bicyclic) bond motifs is 1. The van der Waals surface area contributed by atoms with Crippen LogP contribution in [0.2, 0.25) is 0 Å². The third-order valence-electron chi connectivity index (χ3n) is 3.22. The van der Waals surface area contributed by atoms with Crippen LogP contribution in [0.15, 0.2) is 6.20 Å². The number of amides is 1. The standard InChI is InChI=1S/C11H15N5O/c1-15-7-9-8(10(15)17)6-13-11(14-9)16-4-2-12-3-5-16/h6,12H,2-5,7H2,1H3. The lowest BCUT2D eigenvalue weighted by Gasteiger charge is -2.27. The van der Waals surface area contributed by atoms with Gasteiger partial charge in [0.1, 0.15) is 0 Å². The van der Waals surface area contributed by atoms with Crippen LogP contribution in [0.4, 0.5) is 5.95 Å². The summed E-state index contributed by atoms with van der Waals surface area (Å²) in [5.74, 6) is 0.764. The van der Waals surface area contributed by atoms with Gasteiger partial charge >= 0.3 is 0 Å². The van der Waals surface area contributed by atoms with E-state index in [0.717, 1.165) is 37.8 Å². The van der Waals surface area contributed by atoms with E-state index >= 15 is 0 Å². The van der Waals surface area contributed by atoms with E-state index in [9.17, 15) is 4.79 Å². The Morgan fingerprint density at radius 2 is 2.12 bits per heavy atom. The normalized spacial score (nSPS) is 19.7. The van der Waals surface area contributed by atoms with Crippen molar-refractivity contribution in [3.63, 3.8) is 0 Å². The zero-order chi connectivity index (χ0) is 11.8. The number of hydrogen-bond donors (Lipinski definition) is 1. The SMILES string of the molecule is CN1Cc2nc(N3CCNCC3)ncc2C1=O. The Morgan fingerprint density at radius 3 is 2.88 bits per heavy atom. The molecule has 0 bridgehead atoms. The maximum Gasteiger partial charge on any atom is 0.257 e. The summed E-state index contributed by atoms with van der Waals surface area (Å²) in [5.41, 5.74) is 1.49. The van der Waals surface area contributed by atoms with Crippen LogP contribution in [0, 0.1) is 0 Å². The van der Waals surface area contributed by atoms with Crippen LogP contribution in [-0.4, -0.2) is 54.0 Å². The fraction of sp³-hybridized carbons (Fsp3) is 0.545. The van der Waals surface area contributed by atoms with Gasteiger partial charge in [0.05, 0.1) is 17.8 Å². The molecule has 0 saturated carbocycles. The number of nitrogens with one attached hydrogen (secondary N) is 1. The number of rotatable bonds is 1. The first-order chi connectivity index (χ1) is 8.25. The molecule has 0 aromatic carbocycles. The van der Waals surface area contributed by atoms with E-state index < -0.39 is 0 Å². The zero-order valence-electron chi connectivity index (χ0n) is 9.81. The molecule has 1 saturated heterocycles. The van der Waals surface area contributed by atoms with Gasteiger partial charge in [0.2, 0.25) is 5.95 Å². The van der Waals surface area contributed by atoms with Gasteiger partial charge in [0.25, 0.3) is 5.91 Å². The van der Waals surface area contributed by atoms with Crippen molar-refractivity contribution in [2.45, 2.75) is 6.54 Å². The molecule has 0 spiro atoms. The van der Waals surface area contributed by atoms with Gasteiger partial charge in [-0.1, -0.05) is 0 Å². The molecule has 0 atom stereocenters. The highest BCUT2D eigenvalue weighted by Crippen LogP contribution is 2.20. The summed E-state index contributed by atoms with van der Waals surface area (Å²) in [6.45, 7) is 4.35. The lowest BCUT2D eigenvalue weighted by Crippen LogP contribution is -2.44. The van der Waals surface area contributed by atoms with Crippen LogP contribution in [0.1, 0.15) is 16.1 Å². The molecule has 2 aliphatic rings. The number of hydrogen-bond acceptors (Lipinski definition) is 5. The molecule has 1 aromatic rings. The van der Waals surface area contributed by atoms with E-state index in [4.69, 9.17) is 0 Å². The van der Waals surface area contributed by atoms with E-state index in [1.54, 1.807) is 18.1 Å². The molecule has 17 heavy (non-hydrogen) atoms. The molecule has 2 aliphatic heterocycles. The average Bonchev–Trinajstić information content (AvgIpc) is 2.66. The Kier molecular flexibility index (Phi) is 2.44. The molecular weight excluding hydrogens is 218 g/mol. The summed E-state index contributed by atoms with van der Waals surface area (Å²) in [5, 5.41) is 3.29. The van der Waals surface area contributed by atoms with Crippen molar-refractivity contribution >= 4 is 11.9 Å². The molecule has 3 rings (SSSR count). The summed E-state index contributed by atoms with van der Waals surface area (Å²) in [6, 6.07) is 0. The van der Waals surface area contributed by atoms with Crippen LogP contribution in [-0.2, 0) is 6.54 Å². The average molecular weight is 233 g/mol. The van der Waals surface area contributed by atoms with Crippen LogP contribution < -0.4 is 10.2 Å². The van der Waals surface area contributed by atoms with Gasteiger partial charge in [-0.25, -0.2) is 9.97 Å². The topological polar surface area (TPSA) is 61.4 Å². The maximum atomic E-state index is 11.7. The first-order valence-electron chi connectivity index (χ1n) is 5.83. The number of carbonyl (C=O) groups is 1. The van der Waals surface area contributed by atoms with Crippen molar-refractivity contribution in [3.8, 4) is 0 Å². The minimum atomic E-state index is 0.0202. The van der Waals surface area contributed by atoms with Gasteiger partial charge < -0.3 is 15.1 Å². The number of anilines is 1. The molecule has 1 N–H and O–H groups in total. The predicted octanol–water partition coefficient (Wildman–Crippen LogP) is -0.528. The first-order valence-corrected chi connectivity index (χ1v) is 5.83. The van der Waals surface area contributed by atoms with E-state index in [0.29, 0.717) is 12.1 Å². The smallest absolute Gasteiger partial charge is 0.257 e. The van der Waals surface area contributed by atoms with Crippen molar-refractivity contribution in [2.75, 3.05) is 38.1 Å². The van der Waals surface area contributed by atoms with Gasteiger partial charge in [-0.3, -0.25) is 4.79 Å². The third kappa shape index (κ3) is 1.74. The molecular formula is C11H15N5O. The highest BCUT2D eigenvalue weighted by molar-refractivity contribution is 5.97. The monoisotopic (exact) mass is 233 g/mol. The second-order valence-electron chi connectivity index (χ2n) is 4.43. The molecule has 0 radical (unpaired) electrons. The van der Waals surface area contributed by atoms with E-state index in [1.165, 1.54) is 0 Å². The summed E-state index contributed by atoms with van der Waals surface area (Å²) in [4.78, 5) is 24.3. The molecule has 6 heteroatoms. The first kappa shape index (κ1) is 10.5. The summed E-state index contributed by atoms with van der Waals surface area (Å²) in [7, 11) is 1.79. The van der Waals surface area contributed by atoms with Gasteiger partial charge in [0.15, 0.2) is 0 Å². The van der Waals surface area contributed by atoms with Crippen LogP contribution in [0.25, 0.3) is 0 Å². The van der Waals surface area contributed by atoms with Crippen molar-refractivity contribution in [3.05, 3.63) is 17.5 Å². The molecule has 1 aromatic heterocycles. The molecule has 1 amide bonds. The van der Waals surface area contributed by atoms with Gasteiger partial charge in [0, 0.05) is 39.4 Å². The van der Waals surface area contributed by atoms with Crippen molar-refractivity contribution in [1.29, 1.82) is 0 Å². The molecule has 0 aliphatic carbocycles. The largest absolute Gasteiger partial charge is 0.338 e. The lowest BCUT2D eigenvalue weighted by molar-refractivity contribution is 0.0816. The highest BCUT2D eigenvalue weighted by atomic mass is 16.2. The Morgan fingerprint density at radius 1 is 1.35 bits per heavy atom. The summed E-state index contributed by atoms with van der Waals surface area (Å²) in [6.07, 6.45) is 1.66. The minimum absolute atomic E-state index is 0.0202. The number of piperazine rings is 1. The Bertz CT molecular complexity index is 455.